The highest BCUT2D eigenvalue weighted by atomic mass is 19.1. The number of hydrogen-bond acceptors (Lipinski definition) is 10. The first kappa shape index (κ1) is 28.7. The van der Waals surface area contributed by atoms with Crippen molar-refractivity contribution in [2.24, 2.45) is 22.7 Å². The van der Waals surface area contributed by atoms with Crippen molar-refractivity contribution in [3.8, 4) is 0 Å². The molecular formula is C26H39F2N9O3. The van der Waals surface area contributed by atoms with Crippen molar-refractivity contribution in [1.82, 2.24) is 25.0 Å². The van der Waals surface area contributed by atoms with Crippen LogP contribution in [-0.4, -0.2) is 115 Å². The molecule has 5 unspecified atom stereocenters. The maximum atomic E-state index is 15.2. The number of nitrogens with two attached hydrogens (primary N) is 1. The first-order chi connectivity index (χ1) is 19.3. The highest BCUT2D eigenvalue weighted by Crippen LogP contribution is 2.34. The number of piperazine rings is 1. The third-order valence-electron chi connectivity index (χ3n) is 8.83. The molecule has 0 spiro atoms. The van der Waals surface area contributed by atoms with Crippen LogP contribution in [0.1, 0.15) is 25.7 Å². The average molecular weight is 564 g/mol. The Morgan fingerprint density at radius 3 is 2.65 bits per heavy atom. The van der Waals surface area contributed by atoms with Crippen LogP contribution in [0.15, 0.2) is 17.6 Å². The normalized spacial score (nSPS) is 28.1. The minimum Gasteiger partial charge on any atom is -0.367 e. The molecular weight excluding hydrogens is 524 g/mol. The maximum Gasteiger partial charge on any atom is 0.234 e. The van der Waals surface area contributed by atoms with Gasteiger partial charge in [-0.2, -0.15) is 0 Å². The van der Waals surface area contributed by atoms with Gasteiger partial charge in [-0.05, 0) is 39.3 Å². The zero-order valence-corrected chi connectivity index (χ0v) is 22.8. The molecule has 4 aliphatic rings. The number of aromatic nitrogens is 1. The molecule has 5 rings (SSSR count). The van der Waals surface area contributed by atoms with Crippen molar-refractivity contribution >= 4 is 23.2 Å². The molecule has 5 atom stereocenters. The van der Waals surface area contributed by atoms with Crippen LogP contribution >= 0.6 is 0 Å². The monoisotopic (exact) mass is 563 g/mol. The van der Waals surface area contributed by atoms with Gasteiger partial charge in [-0.15, -0.1) is 4.91 Å². The Morgan fingerprint density at radius 2 is 1.93 bits per heavy atom. The molecule has 0 saturated carbocycles. The number of carbonyl (C=O) groups is 2. The third kappa shape index (κ3) is 5.94. The lowest BCUT2D eigenvalue weighted by Gasteiger charge is -2.41. The zero-order valence-electron chi connectivity index (χ0n) is 22.8. The van der Waals surface area contributed by atoms with E-state index >= 15 is 4.39 Å². The number of nitrogens with one attached hydrogen (secondary N) is 2. The second-order valence-electron chi connectivity index (χ2n) is 11.4. The standard InChI is InChI=1S/C26H39F2N9O3/c1-34-14-17(27)11-31-24(34)21(23(29)33-40)25(38)32-20-13-30-12-19(28)22(20)36-7-4-16(5-8-36)26(39)37-10-9-35-6-2-3-18(35)15-37/h12-13,16-18,21,23-24,31H,2-11,14-15,29H2,1H3,(H,32,38). The molecule has 220 valence electrons. The molecule has 14 heteroatoms. The van der Waals surface area contributed by atoms with E-state index in [4.69, 9.17) is 5.73 Å². The van der Waals surface area contributed by atoms with Gasteiger partial charge in [0.1, 0.15) is 17.8 Å². The molecule has 5 heterocycles. The highest BCUT2D eigenvalue weighted by Gasteiger charge is 2.41. The van der Waals surface area contributed by atoms with Crippen LogP contribution in [0.25, 0.3) is 0 Å². The van der Waals surface area contributed by atoms with Crippen LogP contribution in [0.2, 0.25) is 0 Å². The van der Waals surface area contributed by atoms with Gasteiger partial charge in [0.2, 0.25) is 11.8 Å². The van der Waals surface area contributed by atoms with E-state index in [1.165, 1.54) is 12.6 Å². The van der Waals surface area contributed by atoms with E-state index in [-0.39, 0.29) is 36.3 Å². The molecule has 1 aromatic heterocycles. The molecule has 4 saturated heterocycles. The second kappa shape index (κ2) is 12.4. The van der Waals surface area contributed by atoms with Gasteiger partial charge >= 0.3 is 0 Å². The minimum absolute atomic E-state index is 0.00113. The van der Waals surface area contributed by atoms with Crippen LogP contribution in [-0.2, 0) is 9.59 Å². The number of pyridine rings is 1. The van der Waals surface area contributed by atoms with Crippen LogP contribution in [0.3, 0.4) is 0 Å². The number of fused-ring (bicyclic) bond motifs is 1. The lowest BCUT2D eigenvalue weighted by Crippen LogP contribution is -2.62. The number of halogens is 2. The minimum atomic E-state index is -1.41. The summed E-state index contributed by atoms with van der Waals surface area (Å²) in [5.74, 6) is -2.37. The fourth-order valence-corrected chi connectivity index (χ4v) is 6.70. The molecule has 4 aliphatic heterocycles. The van der Waals surface area contributed by atoms with Crippen LogP contribution in [0.5, 0.6) is 0 Å². The summed E-state index contributed by atoms with van der Waals surface area (Å²) in [6.07, 6.45) is 2.61. The van der Waals surface area contributed by atoms with Gasteiger partial charge in [0.25, 0.3) is 0 Å². The fourth-order valence-electron chi connectivity index (χ4n) is 6.70. The van der Waals surface area contributed by atoms with Gasteiger partial charge in [-0.25, -0.2) is 8.78 Å². The molecule has 0 radical (unpaired) electrons. The smallest absolute Gasteiger partial charge is 0.234 e. The number of carbonyl (C=O) groups excluding carboxylic acids is 2. The summed E-state index contributed by atoms with van der Waals surface area (Å²) < 4.78 is 29.0. The molecule has 4 N–H and O–H groups in total. The number of anilines is 2. The Hall–Kier alpha value is -2.81. The number of nitrogens with zero attached hydrogens (tertiary/aromatic N) is 6. The van der Waals surface area contributed by atoms with E-state index in [0.29, 0.717) is 32.0 Å². The van der Waals surface area contributed by atoms with Gasteiger partial charge in [0.05, 0.1) is 24.2 Å². The van der Waals surface area contributed by atoms with E-state index in [1.807, 2.05) is 9.80 Å². The Bertz CT molecular complexity index is 1090. The van der Waals surface area contributed by atoms with Gasteiger partial charge in [0, 0.05) is 57.8 Å². The fraction of sp³-hybridized carbons (Fsp3) is 0.731. The summed E-state index contributed by atoms with van der Waals surface area (Å²) in [5, 5.41) is 8.47. The third-order valence-corrected chi connectivity index (χ3v) is 8.83. The van der Waals surface area contributed by atoms with Crippen molar-refractivity contribution in [2.75, 3.05) is 69.6 Å². The predicted octanol–water partition coefficient (Wildman–Crippen LogP) is 0.549. The summed E-state index contributed by atoms with van der Waals surface area (Å²) in [7, 11) is 1.62. The second-order valence-corrected chi connectivity index (χ2v) is 11.4. The summed E-state index contributed by atoms with van der Waals surface area (Å²) in [4.78, 5) is 49.8. The van der Waals surface area contributed by atoms with Crippen LogP contribution in [0.4, 0.5) is 20.2 Å². The Labute approximate surface area is 232 Å². The molecule has 0 bridgehead atoms. The van der Waals surface area contributed by atoms with Crippen molar-refractivity contribution in [3.63, 3.8) is 0 Å². The van der Waals surface area contributed by atoms with Gasteiger partial charge in [-0.1, -0.05) is 5.18 Å². The van der Waals surface area contributed by atoms with E-state index < -0.39 is 36.1 Å². The zero-order chi connectivity index (χ0) is 28.4. The van der Waals surface area contributed by atoms with Crippen molar-refractivity contribution in [3.05, 3.63) is 23.1 Å². The summed E-state index contributed by atoms with van der Waals surface area (Å²) >= 11 is 0. The highest BCUT2D eigenvalue weighted by molar-refractivity contribution is 5.96. The van der Waals surface area contributed by atoms with E-state index in [2.05, 4.69) is 25.7 Å². The summed E-state index contributed by atoms with van der Waals surface area (Å²) in [6.45, 7) is 4.51. The number of hydrogen-bond donors (Lipinski definition) is 3. The number of amides is 2. The Kier molecular flexibility index (Phi) is 8.88. The summed E-state index contributed by atoms with van der Waals surface area (Å²) in [6, 6.07) is 0.461. The van der Waals surface area contributed by atoms with Gasteiger partial charge < -0.3 is 20.9 Å². The number of piperidine rings is 1. The van der Waals surface area contributed by atoms with Crippen LogP contribution < -0.4 is 21.3 Å². The first-order valence-corrected chi connectivity index (χ1v) is 14.1. The molecule has 12 nitrogen and oxygen atoms in total. The molecule has 1 aromatic rings. The number of nitroso groups, excluding NO2 is 1. The topological polar surface area (TPSA) is 140 Å². The van der Waals surface area contributed by atoms with Crippen molar-refractivity contribution in [2.45, 2.75) is 50.2 Å². The Morgan fingerprint density at radius 1 is 1.15 bits per heavy atom. The van der Waals surface area contributed by atoms with Crippen LogP contribution in [0, 0.1) is 22.6 Å². The SMILES string of the molecule is CN1CC(F)CNC1C(C(=O)Nc1cncc(F)c1N1CCC(C(=O)N2CCN3CCCC3C2)CC1)C(N)N=O. The maximum absolute atomic E-state index is 15.2. The van der Waals surface area contributed by atoms with E-state index in [1.54, 1.807) is 11.9 Å². The molecule has 4 fully saturated rings. The average Bonchev–Trinajstić information content (AvgIpc) is 3.42. The predicted molar refractivity (Wildman–Crippen MR) is 146 cm³/mol. The molecule has 0 aromatic carbocycles. The molecule has 0 aliphatic carbocycles. The molecule has 2 amide bonds. The van der Waals surface area contributed by atoms with E-state index in [9.17, 15) is 18.9 Å². The quantitative estimate of drug-likeness (QED) is 0.406. The van der Waals surface area contributed by atoms with E-state index in [0.717, 1.165) is 38.8 Å². The number of alkyl halides is 1. The Balaban J connectivity index is 1.25. The lowest BCUT2D eigenvalue weighted by atomic mass is 9.94. The lowest BCUT2D eigenvalue weighted by molar-refractivity contribution is -0.138. The van der Waals surface area contributed by atoms with Crippen molar-refractivity contribution in [1.29, 1.82) is 0 Å². The number of rotatable bonds is 7. The molecule has 40 heavy (non-hydrogen) atoms. The van der Waals surface area contributed by atoms with Crippen molar-refractivity contribution < 1.29 is 18.4 Å². The van der Waals surface area contributed by atoms with Gasteiger partial charge in [-0.3, -0.25) is 29.7 Å². The first-order valence-electron chi connectivity index (χ1n) is 14.1. The summed E-state index contributed by atoms with van der Waals surface area (Å²) in [5.41, 5.74) is 6.22. The largest absolute Gasteiger partial charge is 0.367 e. The van der Waals surface area contributed by atoms with Gasteiger partial charge in [0.15, 0.2) is 12.0 Å².